The highest BCUT2D eigenvalue weighted by Gasteiger charge is 2.52. The van der Waals surface area contributed by atoms with Crippen molar-refractivity contribution in [2.75, 3.05) is 16.3 Å². The van der Waals surface area contributed by atoms with Crippen molar-refractivity contribution in [2.45, 2.75) is 69.1 Å². The third-order valence-corrected chi connectivity index (χ3v) is 16.2. The molecule has 2 atom stereocenters. The lowest BCUT2D eigenvalue weighted by Gasteiger charge is -2.42. The summed E-state index contributed by atoms with van der Waals surface area (Å²) in [6.07, 6.45) is 20.0. The molecule has 2 aliphatic heterocycles. The van der Waals surface area contributed by atoms with E-state index in [-0.39, 0.29) is 10.8 Å². The van der Waals surface area contributed by atoms with E-state index in [9.17, 15) is 0 Å². The van der Waals surface area contributed by atoms with Gasteiger partial charge in [0.1, 0.15) is 0 Å². The molecule has 1 saturated carbocycles. The average Bonchev–Trinajstić information content (AvgIpc) is 3.96. The van der Waals surface area contributed by atoms with Crippen LogP contribution in [0.4, 0.5) is 22.7 Å². The molecule has 2 nitrogen and oxygen atoms in total. The second-order valence-electron chi connectivity index (χ2n) is 19.9. The zero-order valence-corrected chi connectivity index (χ0v) is 37.5. The molecule has 2 heterocycles. The number of aryl methyl sites for hydroxylation is 1. The normalized spacial score (nSPS) is 19.9. The van der Waals surface area contributed by atoms with Crippen LogP contribution in [0.5, 0.6) is 0 Å². The van der Waals surface area contributed by atoms with Crippen LogP contribution in [-0.4, -0.2) is 6.54 Å². The highest BCUT2D eigenvalue weighted by Crippen LogP contribution is 2.61. The molecule has 0 radical (unpaired) electrons. The molecule has 2 unspecified atom stereocenters. The van der Waals surface area contributed by atoms with Gasteiger partial charge in [0.05, 0.1) is 11.4 Å². The van der Waals surface area contributed by atoms with E-state index in [0.717, 1.165) is 6.54 Å². The fourth-order valence-electron chi connectivity index (χ4n) is 13.0. The molecule has 3 aliphatic carbocycles. The second kappa shape index (κ2) is 14.8. The van der Waals surface area contributed by atoms with Gasteiger partial charge >= 0.3 is 0 Å². The van der Waals surface area contributed by atoms with Crippen LogP contribution >= 0.6 is 0 Å². The minimum atomic E-state index is -0.0783. The lowest BCUT2D eigenvalue weighted by Crippen LogP contribution is -2.33. The number of para-hydroxylation sites is 3. The predicted molar refractivity (Wildman–Crippen MR) is 275 cm³/mol. The van der Waals surface area contributed by atoms with E-state index in [1.54, 1.807) is 11.1 Å². The van der Waals surface area contributed by atoms with Gasteiger partial charge in [0.15, 0.2) is 0 Å². The van der Waals surface area contributed by atoms with E-state index < -0.39 is 0 Å². The van der Waals surface area contributed by atoms with Gasteiger partial charge in [-0.2, -0.15) is 0 Å². The average molecular weight is 839 g/mol. The van der Waals surface area contributed by atoms with Crippen LogP contribution in [0.15, 0.2) is 188 Å². The van der Waals surface area contributed by atoms with Crippen molar-refractivity contribution >= 4 is 56.4 Å². The van der Waals surface area contributed by atoms with Crippen molar-refractivity contribution in [3.8, 4) is 11.1 Å². The SMILES string of the molecule is CC1(C)c2ccccc2N(c2ccc3cc(-c4ccc(/C=C/c5ccc6c(c5)C5(CCCC5)C5C=C(N7CCCc8ccccc87)C=CC65)c5ccccc45)ccc3c2)c2ccccc21. The van der Waals surface area contributed by atoms with Gasteiger partial charge < -0.3 is 9.80 Å². The number of hydrogen-bond acceptors (Lipinski definition) is 2. The van der Waals surface area contributed by atoms with Crippen LogP contribution < -0.4 is 9.80 Å². The van der Waals surface area contributed by atoms with Crippen molar-refractivity contribution in [1.29, 1.82) is 0 Å². The third kappa shape index (κ3) is 5.99. The molecule has 13 rings (SSSR count). The Labute approximate surface area is 383 Å². The standard InChI is InChI=1S/C63H54N2/c1-62(2)55-18-6-9-21-60(55)65(61-22-10-7-19-56(61)62)49-30-28-45-39-47(27-26-46(45)40-49)51-33-29-43(50-16-4-5-17-52(50)51)25-23-42-24-32-53-54-34-31-48(64-37-13-15-44-14-3-8-20-59(44)64)41-58(54)63(57(53)38-42)35-11-12-36-63/h3-10,14,16-34,38-41,54,58H,11-13,15,35-37H2,1-2H3/b25-23+. The number of fused-ring (bicyclic) bond motifs is 10. The third-order valence-electron chi connectivity index (χ3n) is 16.2. The van der Waals surface area contributed by atoms with Gasteiger partial charge in [0, 0.05) is 40.4 Å². The van der Waals surface area contributed by atoms with Gasteiger partial charge in [-0.15, -0.1) is 0 Å². The molecule has 2 heteroatoms. The first-order valence-electron chi connectivity index (χ1n) is 24.1. The van der Waals surface area contributed by atoms with E-state index >= 15 is 0 Å². The van der Waals surface area contributed by atoms with Crippen molar-refractivity contribution < 1.29 is 0 Å². The number of hydrogen-bond donors (Lipinski definition) is 0. The lowest BCUT2D eigenvalue weighted by atomic mass is 9.69. The summed E-state index contributed by atoms with van der Waals surface area (Å²) < 4.78 is 0. The summed E-state index contributed by atoms with van der Waals surface area (Å²) in [7, 11) is 0. The summed E-state index contributed by atoms with van der Waals surface area (Å²) >= 11 is 0. The van der Waals surface area contributed by atoms with Crippen LogP contribution in [0.2, 0.25) is 0 Å². The number of rotatable bonds is 5. The summed E-state index contributed by atoms with van der Waals surface area (Å²) in [5.74, 6) is 0.968. The molecule has 65 heavy (non-hydrogen) atoms. The van der Waals surface area contributed by atoms with Crippen molar-refractivity contribution in [3.63, 3.8) is 0 Å². The van der Waals surface area contributed by atoms with Crippen LogP contribution in [0.3, 0.4) is 0 Å². The molecule has 316 valence electrons. The summed E-state index contributed by atoms with van der Waals surface area (Å²) in [5.41, 5.74) is 19.0. The van der Waals surface area contributed by atoms with E-state index in [1.165, 1.54) is 127 Å². The fraction of sp³-hybridized carbons (Fsp3) is 0.206. The first kappa shape index (κ1) is 38.5. The summed E-state index contributed by atoms with van der Waals surface area (Å²) in [4.78, 5) is 5.05. The maximum absolute atomic E-state index is 2.68. The fourth-order valence-corrected chi connectivity index (χ4v) is 13.0. The van der Waals surface area contributed by atoms with Gasteiger partial charge in [-0.3, -0.25) is 0 Å². The first-order chi connectivity index (χ1) is 31.9. The summed E-state index contributed by atoms with van der Waals surface area (Å²) in [6, 6.07) is 61.8. The lowest BCUT2D eigenvalue weighted by molar-refractivity contribution is 0.335. The van der Waals surface area contributed by atoms with E-state index in [4.69, 9.17) is 0 Å². The Morgan fingerprint density at radius 3 is 2.11 bits per heavy atom. The Kier molecular flexibility index (Phi) is 8.79. The van der Waals surface area contributed by atoms with Gasteiger partial charge in [0.2, 0.25) is 0 Å². The molecule has 8 aromatic carbocycles. The summed E-state index contributed by atoms with van der Waals surface area (Å²) in [6.45, 7) is 5.79. The van der Waals surface area contributed by atoms with Gasteiger partial charge in [-0.1, -0.05) is 178 Å². The minimum absolute atomic E-state index is 0.0783. The van der Waals surface area contributed by atoms with Gasteiger partial charge in [-0.05, 0) is 146 Å². The Morgan fingerprint density at radius 2 is 1.29 bits per heavy atom. The molecule has 0 amide bonds. The van der Waals surface area contributed by atoms with Crippen LogP contribution in [-0.2, 0) is 17.3 Å². The van der Waals surface area contributed by atoms with Crippen LogP contribution in [0.1, 0.15) is 90.8 Å². The van der Waals surface area contributed by atoms with Crippen molar-refractivity contribution in [3.05, 3.63) is 227 Å². The molecule has 0 N–H and O–H groups in total. The van der Waals surface area contributed by atoms with Crippen molar-refractivity contribution in [2.24, 2.45) is 5.92 Å². The first-order valence-corrected chi connectivity index (χ1v) is 24.1. The topological polar surface area (TPSA) is 6.48 Å². The predicted octanol–water partition coefficient (Wildman–Crippen LogP) is 16.4. The Morgan fingerprint density at radius 1 is 0.585 bits per heavy atom. The zero-order chi connectivity index (χ0) is 43.3. The maximum atomic E-state index is 2.68. The largest absolute Gasteiger partial charge is 0.342 e. The Hall–Kier alpha value is -6.90. The monoisotopic (exact) mass is 838 g/mol. The number of benzene rings is 8. The van der Waals surface area contributed by atoms with Gasteiger partial charge in [0.25, 0.3) is 0 Å². The molecule has 8 aromatic rings. The van der Waals surface area contributed by atoms with Crippen LogP contribution in [0.25, 0.3) is 44.8 Å². The second-order valence-corrected chi connectivity index (χ2v) is 19.9. The Balaban J connectivity index is 0.808. The van der Waals surface area contributed by atoms with E-state index in [1.807, 2.05) is 0 Å². The highest BCUT2D eigenvalue weighted by atomic mass is 15.2. The zero-order valence-electron chi connectivity index (χ0n) is 37.5. The molecule has 0 saturated heterocycles. The minimum Gasteiger partial charge on any atom is -0.342 e. The molecular weight excluding hydrogens is 785 g/mol. The van der Waals surface area contributed by atoms with E-state index in [2.05, 4.69) is 218 Å². The number of anilines is 4. The van der Waals surface area contributed by atoms with Crippen molar-refractivity contribution in [1.82, 2.24) is 0 Å². The maximum Gasteiger partial charge on any atom is 0.0502 e. The molecule has 1 spiro atoms. The quantitative estimate of drug-likeness (QED) is 0.159. The summed E-state index contributed by atoms with van der Waals surface area (Å²) in [5, 5.41) is 5.05. The van der Waals surface area contributed by atoms with Gasteiger partial charge in [-0.25, -0.2) is 0 Å². The highest BCUT2D eigenvalue weighted by molar-refractivity contribution is 6.04. The van der Waals surface area contributed by atoms with Crippen LogP contribution in [0, 0.1) is 5.92 Å². The Bertz CT molecular complexity index is 3270. The number of allylic oxidation sites excluding steroid dienone is 3. The van der Waals surface area contributed by atoms with E-state index in [0.29, 0.717) is 11.8 Å². The molecule has 5 aliphatic rings. The molecule has 0 aromatic heterocycles. The molecule has 0 bridgehead atoms. The smallest absolute Gasteiger partial charge is 0.0502 e. The number of nitrogens with zero attached hydrogens (tertiary/aromatic N) is 2. The molecular formula is C63H54N2. The molecule has 1 fully saturated rings.